The lowest BCUT2D eigenvalue weighted by atomic mass is 10.3. The molecule has 0 atom stereocenters. The van der Waals surface area contributed by atoms with E-state index in [0.717, 1.165) is 17.0 Å². The van der Waals surface area contributed by atoms with Gasteiger partial charge < -0.3 is 9.26 Å². The van der Waals surface area contributed by atoms with Crippen LogP contribution >= 0.6 is 0 Å². The molecule has 3 aromatic heterocycles. The van der Waals surface area contributed by atoms with Gasteiger partial charge in [0.1, 0.15) is 6.54 Å². The van der Waals surface area contributed by atoms with E-state index < -0.39 is 0 Å². The second-order valence-corrected chi connectivity index (χ2v) is 4.69. The maximum absolute atomic E-state index is 5.26. The molecule has 7 nitrogen and oxygen atoms in total. The van der Waals surface area contributed by atoms with Gasteiger partial charge in [-0.2, -0.15) is 10.1 Å². The van der Waals surface area contributed by atoms with E-state index in [1.54, 1.807) is 19.4 Å². The minimum Gasteiger partial charge on any atom is -0.481 e. The molecule has 0 fully saturated rings. The third-order valence-electron chi connectivity index (χ3n) is 3.06. The monoisotopic (exact) mass is 285 g/mol. The molecule has 3 aromatic rings. The summed E-state index contributed by atoms with van der Waals surface area (Å²) < 4.78 is 12.1. The summed E-state index contributed by atoms with van der Waals surface area (Å²) in [6.45, 7) is 4.40. The highest BCUT2D eigenvalue weighted by atomic mass is 16.5. The largest absolute Gasteiger partial charge is 0.481 e. The van der Waals surface area contributed by atoms with Crippen LogP contribution in [0.1, 0.15) is 17.3 Å². The van der Waals surface area contributed by atoms with Gasteiger partial charge in [0, 0.05) is 23.5 Å². The number of hydrogen-bond acceptors (Lipinski definition) is 6. The van der Waals surface area contributed by atoms with E-state index in [2.05, 4.69) is 20.2 Å². The Morgan fingerprint density at radius 1 is 1.29 bits per heavy atom. The van der Waals surface area contributed by atoms with E-state index >= 15 is 0 Å². The van der Waals surface area contributed by atoms with Crippen LogP contribution in [0.25, 0.3) is 11.4 Å². The molecular formula is C14H15N5O2. The van der Waals surface area contributed by atoms with E-state index in [1.807, 2.05) is 30.7 Å². The molecule has 0 saturated heterocycles. The third kappa shape index (κ3) is 2.76. The molecule has 0 radical (unpaired) electrons. The first-order chi connectivity index (χ1) is 10.2. The fourth-order valence-electron chi connectivity index (χ4n) is 2.03. The van der Waals surface area contributed by atoms with Gasteiger partial charge in [0.15, 0.2) is 0 Å². The Balaban J connectivity index is 1.80. The quantitative estimate of drug-likeness (QED) is 0.729. The molecule has 7 heteroatoms. The second kappa shape index (κ2) is 5.35. The summed E-state index contributed by atoms with van der Waals surface area (Å²) in [5.74, 6) is 1.55. The number of rotatable bonds is 4. The summed E-state index contributed by atoms with van der Waals surface area (Å²) in [6, 6.07) is 5.60. The van der Waals surface area contributed by atoms with Gasteiger partial charge in [-0.1, -0.05) is 5.16 Å². The topological polar surface area (TPSA) is 78.9 Å². The average Bonchev–Trinajstić information content (AvgIpc) is 3.07. The van der Waals surface area contributed by atoms with Crippen LogP contribution < -0.4 is 4.74 Å². The van der Waals surface area contributed by atoms with Gasteiger partial charge in [-0.25, -0.2) is 4.98 Å². The zero-order chi connectivity index (χ0) is 14.8. The Morgan fingerprint density at radius 2 is 2.14 bits per heavy atom. The molecule has 0 aliphatic heterocycles. The first-order valence-electron chi connectivity index (χ1n) is 6.50. The predicted molar refractivity (Wildman–Crippen MR) is 74.9 cm³/mol. The Labute approximate surface area is 121 Å². The van der Waals surface area contributed by atoms with Crippen LogP contribution in [0, 0.1) is 13.8 Å². The van der Waals surface area contributed by atoms with Gasteiger partial charge >= 0.3 is 0 Å². The molecular weight excluding hydrogens is 270 g/mol. The SMILES string of the molecule is COc1ccc(-c2noc(Cn3nc(C)cc3C)n2)cn1. The fourth-order valence-corrected chi connectivity index (χ4v) is 2.03. The lowest BCUT2D eigenvalue weighted by molar-refractivity contribution is 0.364. The molecule has 0 unspecified atom stereocenters. The van der Waals surface area contributed by atoms with Crippen LogP contribution in [0.2, 0.25) is 0 Å². The van der Waals surface area contributed by atoms with Crippen molar-refractivity contribution in [3.05, 3.63) is 41.7 Å². The zero-order valence-electron chi connectivity index (χ0n) is 12.1. The normalized spacial score (nSPS) is 10.8. The summed E-state index contributed by atoms with van der Waals surface area (Å²) >= 11 is 0. The van der Waals surface area contributed by atoms with Crippen LogP contribution in [0.3, 0.4) is 0 Å². The highest BCUT2D eigenvalue weighted by Crippen LogP contribution is 2.17. The van der Waals surface area contributed by atoms with Crippen molar-refractivity contribution in [2.45, 2.75) is 20.4 Å². The smallest absolute Gasteiger partial charge is 0.248 e. The number of ether oxygens (including phenoxy) is 1. The first kappa shape index (κ1) is 13.3. The highest BCUT2D eigenvalue weighted by molar-refractivity contribution is 5.52. The summed E-state index contributed by atoms with van der Waals surface area (Å²) in [6.07, 6.45) is 1.65. The van der Waals surface area contributed by atoms with Gasteiger partial charge in [0.2, 0.25) is 17.6 Å². The van der Waals surface area contributed by atoms with Crippen molar-refractivity contribution >= 4 is 0 Å². The molecule has 0 bridgehead atoms. The molecule has 0 saturated carbocycles. The van der Waals surface area contributed by atoms with E-state index in [0.29, 0.717) is 24.1 Å². The van der Waals surface area contributed by atoms with Gasteiger partial charge in [0.05, 0.1) is 12.8 Å². The van der Waals surface area contributed by atoms with Crippen molar-refractivity contribution in [1.29, 1.82) is 0 Å². The van der Waals surface area contributed by atoms with E-state index in [-0.39, 0.29) is 0 Å². The minimum atomic E-state index is 0.455. The van der Waals surface area contributed by atoms with Gasteiger partial charge in [-0.15, -0.1) is 0 Å². The minimum absolute atomic E-state index is 0.455. The molecule has 3 rings (SSSR count). The second-order valence-electron chi connectivity index (χ2n) is 4.69. The Bertz CT molecular complexity index is 745. The number of pyridine rings is 1. The van der Waals surface area contributed by atoms with Crippen molar-refractivity contribution in [3.8, 4) is 17.3 Å². The van der Waals surface area contributed by atoms with Crippen molar-refractivity contribution in [3.63, 3.8) is 0 Å². The van der Waals surface area contributed by atoms with Crippen molar-refractivity contribution in [2.75, 3.05) is 7.11 Å². The lowest BCUT2D eigenvalue weighted by Crippen LogP contribution is -2.04. The zero-order valence-corrected chi connectivity index (χ0v) is 12.1. The molecule has 0 aliphatic rings. The predicted octanol–water partition coefficient (Wildman–Crippen LogP) is 2.00. The van der Waals surface area contributed by atoms with Gasteiger partial charge in [-0.05, 0) is 26.0 Å². The van der Waals surface area contributed by atoms with Crippen LogP contribution in [0.5, 0.6) is 5.88 Å². The summed E-state index contributed by atoms with van der Waals surface area (Å²) in [5.41, 5.74) is 2.80. The van der Waals surface area contributed by atoms with E-state index in [9.17, 15) is 0 Å². The van der Waals surface area contributed by atoms with Gasteiger partial charge in [-0.3, -0.25) is 4.68 Å². The average molecular weight is 285 g/mol. The molecule has 21 heavy (non-hydrogen) atoms. The van der Waals surface area contributed by atoms with E-state index in [4.69, 9.17) is 9.26 Å². The molecule has 0 aromatic carbocycles. The number of aryl methyl sites for hydroxylation is 2. The molecule has 0 amide bonds. The third-order valence-corrected chi connectivity index (χ3v) is 3.06. The Hall–Kier alpha value is -2.70. The number of aromatic nitrogens is 5. The molecule has 3 heterocycles. The maximum Gasteiger partial charge on any atom is 0.248 e. The maximum atomic E-state index is 5.26. The molecule has 0 N–H and O–H groups in total. The van der Waals surface area contributed by atoms with Crippen LogP contribution in [0.15, 0.2) is 28.9 Å². The summed E-state index contributed by atoms with van der Waals surface area (Å²) in [7, 11) is 1.57. The van der Waals surface area contributed by atoms with Crippen LogP contribution in [0.4, 0.5) is 0 Å². The summed E-state index contributed by atoms with van der Waals surface area (Å²) in [4.78, 5) is 8.49. The molecule has 0 spiro atoms. The Morgan fingerprint density at radius 3 is 2.76 bits per heavy atom. The number of hydrogen-bond donors (Lipinski definition) is 0. The van der Waals surface area contributed by atoms with Crippen LogP contribution in [-0.2, 0) is 6.54 Å². The lowest BCUT2D eigenvalue weighted by Gasteiger charge is -1.99. The Kier molecular flexibility index (Phi) is 3.39. The van der Waals surface area contributed by atoms with E-state index in [1.165, 1.54) is 0 Å². The van der Waals surface area contributed by atoms with Crippen LogP contribution in [-0.4, -0.2) is 32.0 Å². The van der Waals surface area contributed by atoms with Crippen molar-refractivity contribution in [1.82, 2.24) is 24.9 Å². The van der Waals surface area contributed by atoms with Crippen molar-refractivity contribution < 1.29 is 9.26 Å². The number of nitrogens with zero attached hydrogens (tertiary/aromatic N) is 5. The highest BCUT2D eigenvalue weighted by Gasteiger charge is 2.11. The molecule has 0 aliphatic carbocycles. The standard InChI is InChI=1S/C14H15N5O2/c1-9-6-10(2)19(17-9)8-13-16-14(18-21-13)11-4-5-12(20-3)15-7-11/h4-7H,8H2,1-3H3. The first-order valence-corrected chi connectivity index (χ1v) is 6.50. The fraction of sp³-hybridized carbons (Fsp3) is 0.286. The van der Waals surface area contributed by atoms with Crippen molar-refractivity contribution in [2.24, 2.45) is 0 Å². The summed E-state index contributed by atoms with van der Waals surface area (Å²) in [5, 5.41) is 8.34. The number of methoxy groups -OCH3 is 1. The van der Waals surface area contributed by atoms with Gasteiger partial charge in [0.25, 0.3) is 0 Å². The molecule has 108 valence electrons.